The van der Waals surface area contributed by atoms with E-state index in [4.69, 9.17) is 4.42 Å². The average Bonchev–Trinajstić information content (AvgIpc) is 3.09. The lowest BCUT2D eigenvalue weighted by atomic mass is 9.91. The number of rotatable bonds is 5. The first-order valence-corrected chi connectivity index (χ1v) is 11.8. The molecule has 0 aliphatic carbocycles. The van der Waals surface area contributed by atoms with Crippen LogP contribution in [-0.4, -0.2) is 76.8 Å². The van der Waals surface area contributed by atoms with Gasteiger partial charge in [-0.2, -0.15) is 13.2 Å². The molecule has 4 heterocycles. The van der Waals surface area contributed by atoms with Gasteiger partial charge in [-0.25, -0.2) is 12.7 Å². The topological polar surface area (TPSA) is 104 Å². The molecule has 0 aromatic carbocycles. The highest BCUT2D eigenvalue weighted by atomic mass is 32.2. The van der Waals surface area contributed by atoms with Gasteiger partial charge in [0.1, 0.15) is 10.8 Å². The summed E-state index contributed by atoms with van der Waals surface area (Å²) in [6.45, 7) is 0.790. The average molecular weight is 475 g/mol. The minimum Gasteiger partial charge on any atom is -0.462 e. The van der Waals surface area contributed by atoms with Crippen LogP contribution in [0.4, 0.5) is 13.2 Å². The molecule has 32 heavy (non-hydrogen) atoms. The molecule has 0 spiro atoms. The number of aromatic nitrogens is 1. The van der Waals surface area contributed by atoms with Crippen molar-refractivity contribution in [2.75, 3.05) is 26.2 Å². The number of amides is 1. The number of carbonyl (C=O) groups excluding carboxylic acids is 1. The predicted octanol–water partition coefficient (Wildman–Crippen LogP) is 2.25. The highest BCUT2D eigenvalue weighted by Crippen LogP contribution is 2.36. The second-order valence-electron chi connectivity index (χ2n) is 8.63. The van der Waals surface area contributed by atoms with Crippen molar-refractivity contribution in [1.29, 1.82) is 0 Å². The third-order valence-electron chi connectivity index (χ3n) is 6.34. The molecule has 0 saturated carbocycles. The van der Waals surface area contributed by atoms with Crippen LogP contribution in [0.2, 0.25) is 0 Å². The van der Waals surface area contributed by atoms with Crippen LogP contribution in [0.25, 0.3) is 11.1 Å². The first-order chi connectivity index (χ1) is 14.9. The van der Waals surface area contributed by atoms with E-state index in [0.29, 0.717) is 38.4 Å². The number of likely N-dealkylation sites (tertiary alicyclic amines) is 1. The number of hydrogen-bond acceptors (Lipinski definition) is 6. The number of fused-ring (bicyclic) bond motifs is 1. The molecule has 4 rings (SSSR count). The monoisotopic (exact) mass is 475 g/mol. The van der Waals surface area contributed by atoms with E-state index in [2.05, 4.69) is 4.98 Å². The van der Waals surface area contributed by atoms with E-state index in [0.717, 1.165) is 16.0 Å². The van der Waals surface area contributed by atoms with Crippen molar-refractivity contribution in [2.24, 2.45) is 0 Å². The second kappa shape index (κ2) is 7.99. The van der Waals surface area contributed by atoms with Crippen LogP contribution < -0.4 is 0 Å². The van der Waals surface area contributed by atoms with Crippen LogP contribution in [0.15, 0.2) is 29.0 Å². The number of furan rings is 1. The molecular formula is C20H24F3N3O5S. The lowest BCUT2D eigenvalue weighted by Gasteiger charge is -2.43. The molecule has 1 atom stereocenters. The highest BCUT2D eigenvalue weighted by Gasteiger charge is 2.53. The van der Waals surface area contributed by atoms with Crippen molar-refractivity contribution in [3.63, 3.8) is 0 Å². The van der Waals surface area contributed by atoms with Crippen molar-refractivity contribution < 1.29 is 35.9 Å². The van der Waals surface area contributed by atoms with Gasteiger partial charge in [-0.1, -0.05) is 0 Å². The summed E-state index contributed by atoms with van der Waals surface area (Å²) in [5.41, 5.74) is -0.741. The lowest BCUT2D eigenvalue weighted by molar-refractivity contribution is -0.254. The van der Waals surface area contributed by atoms with E-state index in [9.17, 15) is 31.5 Å². The van der Waals surface area contributed by atoms with Gasteiger partial charge in [-0.05, 0) is 37.8 Å². The molecule has 176 valence electrons. The normalized spacial score (nSPS) is 21.5. The Hall–Kier alpha value is -2.18. The van der Waals surface area contributed by atoms with Gasteiger partial charge in [0.2, 0.25) is 15.9 Å². The number of nitrogens with zero attached hydrogens (tertiary/aromatic N) is 3. The maximum atomic E-state index is 12.9. The Morgan fingerprint density at radius 1 is 1.28 bits per heavy atom. The zero-order chi connectivity index (χ0) is 23.3. The molecule has 0 bridgehead atoms. The molecule has 2 aliphatic heterocycles. The van der Waals surface area contributed by atoms with E-state index >= 15 is 0 Å². The Morgan fingerprint density at radius 2 is 1.94 bits per heavy atom. The largest absolute Gasteiger partial charge is 0.462 e. The quantitative estimate of drug-likeness (QED) is 0.712. The molecule has 1 N–H and O–H groups in total. The van der Waals surface area contributed by atoms with Gasteiger partial charge in [-0.15, -0.1) is 0 Å². The van der Waals surface area contributed by atoms with E-state index in [1.165, 1.54) is 4.31 Å². The van der Waals surface area contributed by atoms with Crippen molar-refractivity contribution >= 4 is 27.0 Å². The molecule has 12 heteroatoms. The maximum absolute atomic E-state index is 12.9. The number of alkyl halides is 3. The fourth-order valence-electron chi connectivity index (χ4n) is 4.14. The molecule has 0 radical (unpaired) electrons. The molecule has 1 amide bonds. The third-order valence-corrected chi connectivity index (χ3v) is 8.56. The van der Waals surface area contributed by atoms with Gasteiger partial charge >= 0.3 is 6.18 Å². The molecule has 1 unspecified atom stereocenters. The Morgan fingerprint density at radius 3 is 2.56 bits per heavy atom. The Kier molecular flexibility index (Phi) is 5.74. The zero-order valence-electron chi connectivity index (χ0n) is 17.4. The van der Waals surface area contributed by atoms with E-state index in [-0.39, 0.29) is 19.0 Å². The number of hydrogen-bond donors (Lipinski definition) is 1. The van der Waals surface area contributed by atoms with Gasteiger partial charge in [0.25, 0.3) is 0 Å². The first kappa shape index (κ1) is 23.0. The summed E-state index contributed by atoms with van der Waals surface area (Å²) in [5.74, 6) is -0.807. The Labute approximate surface area is 183 Å². The summed E-state index contributed by atoms with van der Waals surface area (Å²) in [4.78, 5) is 17.4. The Bertz CT molecular complexity index is 1100. The molecular weight excluding hydrogens is 451 g/mol. The predicted molar refractivity (Wildman–Crippen MR) is 108 cm³/mol. The maximum Gasteiger partial charge on any atom is 0.417 e. The van der Waals surface area contributed by atoms with Crippen LogP contribution in [-0.2, 0) is 14.8 Å². The van der Waals surface area contributed by atoms with Gasteiger partial charge in [0.15, 0.2) is 11.2 Å². The van der Waals surface area contributed by atoms with Crippen molar-refractivity contribution in [3.05, 3.63) is 30.2 Å². The molecule has 2 fully saturated rings. The number of aliphatic hydroxyl groups is 1. The minimum atomic E-state index is -4.95. The number of pyridine rings is 1. The van der Waals surface area contributed by atoms with E-state index in [1.807, 2.05) is 6.07 Å². The van der Waals surface area contributed by atoms with Gasteiger partial charge in [-0.3, -0.25) is 9.78 Å². The standard InChI is InChI=1S/C20H24F3N3O5S/c1-19(28,20(21,22)23)9-17(27)25-10-14(11-25)32(29,30)26-7-4-13(5-8-26)15-12-31-16-3-2-6-24-18(15)16/h2-3,6,12-14,28H,4-5,7-11H2,1H3. The third kappa shape index (κ3) is 4.11. The summed E-state index contributed by atoms with van der Waals surface area (Å²) in [6.07, 6.45) is -1.56. The van der Waals surface area contributed by atoms with E-state index in [1.54, 1.807) is 18.5 Å². The molecule has 2 aromatic rings. The summed E-state index contributed by atoms with van der Waals surface area (Å²) in [5, 5.41) is 8.63. The summed E-state index contributed by atoms with van der Waals surface area (Å²) in [7, 11) is -3.68. The summed E-state index contributed by atoms with van der Waals surface area (Å²) < 4.78 is 71.1. The SMILES string of the molecule is CC(O)(CC(=O)N1CC(S(=O)(=O)N2CCC(c3coc4cccnc34)CC2)C1)C(F)(F)F. The van der Waals surface area contributed by atoms with Crippen LogP contribution in [0.3, 0.4) is 0 Å². The number of carbonyl (C=O) groups is 1. The molecule has 2 aliphatic rings. The number of sulfonamides is 1. The van der Waals surface area contributed by atoms with E-state index < -0.39 is 39.4 Å². The fourth-order valence-corrected chi connectivity index (χ4v) is 6.02. The first-order valence-electron chi connectivity index (χ1n) is 10.3. The van der Waals surface area contributed by atoms with Crippen LogP contribution >= 0.6 is 0 Å². The molecule has 2 saturated heterocycles. The van der Waals surface area contributed by atoms with Crippen LogP contribution in [0, 0.1) is 0 Å². The number of halogens is 3. The van der Waals surface area contributed by atoms with Crippen molar-refractivity contribution in [3.8, 4) is 0 Å². The number of piperidine rings is 1. The van der Waals surface area contributed by atoms with Crippen LogP contribution in [0.1, 0.15) is 37.7 Å². The smallest absolute Gasteiger partial charge is 0.417 e. The molecule has 8 nitrogen and oxygen atoms in total. The minimum absolute atomic E-state index is 0.113. The van der Waals surface area contributed by atoms with Crippen LogP contribution in [0.5, 0.6) is 0 Å². The summed E-state index contributed by atoms with van der Waals surface area (Å²) >= 11 is 0. The lowest BCUT2D eigenvalue weighted by Crippen LogP contribution is -2.61. The zero-order valence-corrected chi connectivity index (χ0v) is 18.2. The van der Waals surface area contributed by atoms with Gasteiger partial charge < -0.3 is 14.4 Å². The highest BCUT2D eigenvalue weighted by molar-refractivity contribution is 7.89. The van der Waals surface area contributed by atoms with Gasteiger partial charge in [0.05, 0.1) is 12.7 Å². The summed E-state index contributed by atoms with van der Waals surface area (Å²) in [6, 6.07) is 3.60. The van der Waals surface area contributed by atoms with Gasteiger partial charge in [0, 0.05) is 37.9 Å². The molecule has 2 aromatic heterocycles. The Balaban J connectivity index is 1.32. The van der Waals surface area contributed by atoms with Crippen molar-refractivity contribution in [2.45, 2.75) is 49.1 Å². The van der Waals surface area contributed by atoms with Crippen molar-refractivity contribution in [1.82, 2.24) is 14.2 Å². The second-order valence-corrected chi connectivity index (χ2v) is 10.8. The fraction of sp³-hybridized carbons (Fsp3) is 0.600.